The van der Waals surface area contributed by atoms with Gasteiger partial charge in [0, 0.05) is 11.8 Å². The fraction of sp³-hybridized carbons (Fsp3) is 0.417. The lowest BCUT2D eigenvalue weighted by molar-refractivity contribution is -0.145. The second kappa shape index (κ2) is 4.73. The zero-order chi connectivity index (χ0) is 14.3. The van der Waals surface area contributed by atoms with Crippen LogP contribution in [0.3, 0.4) is 0 Å². The van der Waals surface area contributed by atoms with E-state index < -0.39 is 12.0 Å². The van der Waals surface area contributed by atoms with E-state index in [0.29, 0.717) is 0 Å². The van der Waals surface area contributed by atoms with Crippen LogP contribution in [0.15, 0.2) is 12.4 Å². The molecule has 106 valence electrons. The van der Waals surface area contributed by atoms with Gasteiger partial charge in [-0.05, 0) is 25.7 Å². The summed E-state index contributed by atoms with van der Waals surface area (Å²) in [7, 11) is 0. The van der Waals surface area contributed by atoms with Crippen LogP contribution in [0.25, 0.3) is 5.82 Å². The number of aromatic nitrogens is 4. The molecule has 2 aromatic heterocycles. The van der Waals surface area contributed by atoms with Gasteiger partial charge in [0.05, 0.1) is 5.69 Å². The van der Waals surface area contributed by atoms with Crippen molar-refractivity contribution in [3.63, 3.8) is 0 Å². The van der Waals surface area contributed by atoms with Gasteiger partial charge in [0.1, 0.15) is 17.3 Å². The van der Waals surface area contributed by atoms with E-state index in [1.165, 1.54) is 12.4 Å². The third-order valence-corrected chi connectivity index (χ3v) is 3.41. The van der Waals surface area contributed by atoms with Crippen LogP contribution in [-0.4, -0.2) is 19.5 Å². The summed E-state index contributed by atoms with van der Waals surface area (Å²) in [6, 6.07) is 1.31. The molecule has 2 heterocycles. The fourth-order valence-electron chi connectivity index (χ4n) is 2.32. The fourth-order valence-corrected chi connectivity index (χ4v) is 2.50. The Labute approximate surface area is 117 Å². The van der Waals surface area contributed by atoms with Crippen LogP contribution in [0.4, 0.5) is 13.2 Å². The third-order valence-electron chi connectivity index (χ3n) is 3.21. The van der Waals surface area contributed by atoms with Crippen LogP contribution in [0.5, 0.6) is 0 Å². The molecule has 3 rings (SSSR count). The lowest BCUT2D eigenvalue weighted by atomic mass is 10.0. The summed E-state index contributed by atoms with van der Waals surface area (Å²) in [6.45, 7) is 0. The molecule has 0 unspecified atom stereocenters. The number of aryl methyl sites for hydroxylation is 1. The number of hydrogen-bond acceptors (Lipinski definition) is 3. The summed E-state index contributed by atoms with van der Waals surface area (Å²) >= 11 is 5.67. The number of alkyl halides is 3. The monoisotopic (exact) mass is 302 g/mol. The predicted octanol–water partition coefficient (Wildman–Crippen LogP) is 3.21. The normalized spacial score (nSPS) is 15.2. The van der Waals surface area contributed by atoms with Gasteiger partial charge in [0.15, 0.2) is 0 Å². The highest BCUT2D eigenvalue weighted by Gasteiger charge is 2.35. The second-order valence-corrected chi connectivity index (χ2v) is 4.97. The Balaban J connectivity index is 2.11. The van der Waals surface area contributed by atoms with Crippen molar-refractivity contribution in [2.75, 3.05) is 0 Å². The van der Waals surface area contributed by atoms with Crippen molar-refractivity contribution in [3.8, 4) is 5.82 Å². The van der Waals surface area contributed by atoms with Crippen LogP contribution in [0.2, 0.25) is 5.15 Å². The van der Waals surface area contributed by atoms with Crippen LogP contribution in [0.1, 0.15) is 30.1 Å². The van der Waals surface area contributed by atoms with Gasteiger partial charge in [0.2, 0.25) is 5.82 Å². The molecular weight excluding hydrogens is 293 g/mol. The van der Waals surface area contributed by atoms with Gasteiger partial charge in [-0.2, -0.15) is 13.2 Å². The minimum Gasteiger partial charge on any atom is -0.287 e. The average molecular weight is 303 g/mol. The molecule has 0 bridgehead atoms. The minimum absolute atomic E-state index is 0.105. The first-order chi connectivity index (χ1) is 9.45. The largest absolute Gasteiger partial charge is 0.451 e. The average Bonchev–Trinajstić information content (AvgIpc) is 2.80. The summed E-state index contributed by atoms with van der Waals surface area (Å²) in [5.74, 6) is -1.13. The van der Waals surface area contributed by atoms with Crippen molar-refractivity contribution < 1.29 is 13.2 Å². The Bertz CT molecular complexity index is 651. The Morgan fingerprint density at radius 2 is 1.90 bits per heavy atom. The Morgan fingerprint density at radius 1 is 1.15 bits per heavy atom. The van der Waals surface area contributed by atoms with Crippen LogP contribution < -0.4 is 0 Å². The molecule has 0 spiro atoms. The molecular formula is C12H10ClF3N4. The number of rotatable bonds is 1. The third kappa shape index (κ3) is 2.37. The molecule has 0 saturated carbocycles. The summed E-state index contributed by atoms with van der Waals surface area (Å²) in [4.78, 5) is 11.0. The Kier molecular flexibility index (Phi) is 3.16. The molecule has 2 aromatic rings. The lowest BCUT2D eigenvalue weighted by Gasteiger charge is -2.14. The zero-order valence-electron chi connectivity index (χ0n) is 10.3. The van der Waals surface area contributed by atoms with Gasteiger partial charge < -0.3 is 0 Å². The molecule has 0 saturated heterocycles. The van der Waals surface area contributed by atoms with Crippen molar-refractivity contribution in [2.24, 2.45) is 0 Å². The summed E-state index contributed by atoms with van der Waals surface area (Å²) < 4.78 is 39.7. The first-order valence-electron chi connectivity index (χ1n) is 6.12. The molecule has 8 heteroatoms. The van der Waals surface area contributed by atoms with E-state index in [1.54, 1.807) is 4.57 Å². The van der Waals surface area contributed by atoms with E-state index in [9.17, 15) is 13.2 Å². The molecule has 0 radical (unpaired) electrons. The van der Waals surface area contributed by atoms with Gasteiger partial charge >= 0.3 is 6.18 Å². The van der Waals surface area contributed by atoms with Crippen molar-refractivity contribution in [1.29, 1.82) is 0 Å². The van der Waals surface area contributed by atoms with E-state index in [0.717, 1.165) is 37.1 Å². The number of nitrogens with zero attached hydrogens (tertiary/aromatic N) is 4. The maximum absolute atomic E-state index is 12.7. The van der Waals surface area contributed by atoms with Crippen LogP contribution in [0, 0.1) is 0 Å². The molecule has 0 N–H and O–H groups in total. The molecule has 0 aromatic carbocycles. The standard InChI is InChI=1S/C12H10ClF3N4/c13-9-5-10(19-11(18-9)12(14,15)16)20-6-17-7-3-1-2-4-8(7)20/h5-6H,1-4H2. The van der Waals surface area contributed by atoms with Gasteiger partial charge in [0.25, 0.3) is 0 Å². The van der Waals surface area contributed by atoms with Gasteiger partial charge in [-0.3, -0.25) is 4.57 Å². The van der Waals surface area contributed by atoms with E-state index in [2.05, 4.69) is 15.0 Å². The molecule has 4 nitrogen and oxygen atoms in total. The number of imidazole rings is 1. The van der Waals surface area contributed by atoms with Crippen LogP contribution >= 0.6 is 11.6 Å². The molecule has 0 atom stereocenters. The highest BCUT2D eigenvalue weighted by Crippen LogP contribution is 2.29. The van der Waals surface area contributed by atoms with Crippen molar-refractivity contribution >= 4 is 11.6 Å². The second-order valence-electron chi connectivity index (χ2n) is 4.59. The predicted molar refractivity (Wildman–Crippen MR) is 65.8 cm³/mol. The maximum Gasteiger partial charge on any atom is 0.451 e. The van der Waals surface area contributed by atoms with Crippen molar-refractivity contribution in [3.05, 3.63) is 34.8 Å². The first kappa shape index (κ1) is 13.4. The molecule has 20 heavy (non-hydrogen) atoms. The smallest absolute Gasteiger partial charge is 0.287 e. The number of fused-ring (bicyclic) bond motifs is 1. The molecule has 1 aliphatic carbocycles. The minimum atomic E-state index is -4.62. The van der Waals surface area contributed by atoms with Crippen LogP contribution in [-0.2, 0) is 19.0 Å². The van der Waals surface area contributed by atoms with Crippen molar-refractivity contribution in [2.45, 2.75) is 31.9 Å². The summed E-state index contributed by atoms with van der Waals surface area (Å²) in [5.41, 5.74) is 1.82. The first-order valence-corrected chi connectivity index (χ1v) is 6.50. The molecule has 0 amide bonds. The maximum atomic E-state index is 12.7. The van der Waals surface area contributed by atoms with E-state index in [-0.39, 0.29) is 11.0 Å². The van der Waals surface area contributed by atoms with Gasteiger partial charge in [-0.15, -0.1) is 0 Å². The quantitative estimate of drug-likeness (QED) is 0.760. The Morgan fingerprint density at radius 3 is 2.65 bits per heavy atom. The van der Waals surface area contributed by atoms with E-state index in [1.807, 2.05) is 0 Å². The SMILES string of the molecule is FC(F)(F)c1nc(Cl)cc(-n2cnc3c2CCCC3)n1. The highest BCUT2D eigenvalue weighted by atomic mass is 35.5. The molecule has 0 aliphatic heterocycles. The molecule has 0 fully saturated rings. The summed E-state index contributed by atoms with van der Waals surface area (Å²) in [5, 5.41) is -0.236. The lowest BCUT2D eigenvalue weighted by Crippen LogP contribution is -2.14. The highest BCUT2D eigenvalue weighted by molar-refractivity contribution is 6.29. The number of halogens is 4. The Hall–Kier alpha value is -1.63. The van der Waals surface area contributed by atoms with Crippen molar-refractivity contribution in [1.82, 2.24) is 19.5 Å². The zero-order valence-corrected chi connectivity index (χ0v) is 11.0. The van der Waals surface area contributed by atoms with E-state index >= 15 is 0 Å². The number of hydrogen-bond donors (Lipinski definition) is 0. The molecule has 1 aliphatic rings. The van der Waals surface area contributed by atoms with Gasteiger partial charge in [-0.25, -0.2) is 15.0 Å². The van der Waals surface area contributed by atoms with E-state index in [4.69, 9.17) is 11.6 Å². The van der Waals surface area contributed by atoms with Gasteiger partial charge in [-0.1, -0.05) is 11.6 Å². The summed E-state index contributed by atoms with van der Waals surface area (Å²) in [6.07, 6.45) is 0.520. The topological polar surface area (TPSA) is 43.6 Å².